The Morgan fingerprint density at radius 1 is 0.800 bits per heavy atom. The smallest absolute Gasteiger partial charge is 0.0438 e. The van der Waals surface area contributed by atoms with Crippen LogP contribution < -0.4 is 0 Å². The number of nitrogens with zero attached hydrogens (tertiary/aromatic N) is 1. The maximum Gasteiger partial charge on any atom is 0.0438 e. The van der Waals surface area contributed by atoms with Gasteiger partial charge in [0.2, 0.25) is 0 Å². The van der Waals surface area contributed by atoms with E-state index >= 15 is 0 Å². The van der Waals surface area contributed by atoms with Gasteiger partial charge in [0.05, 0.1) is 0 Å². The highest BCUT2D eigenvalue weighted by Gasteiger charge is 2.06. The lowest BCUT2D eigenvalue weighted by molar-refractivity contribution is 0.573. The molecule has 114 valence electrons. The summed E-state index contributed by atoms with van der Waals surface area (Å²) in [5.41, 5.74) is 4.37. The molecule has 0 bridgehead atoms. The predicted molar refractivity (Wildman–Crippen MR) is 89.3 cm³/mol. The fourth-order valence-electron chi connectivity index (χ4n) is 2.99. The number of unbranched alkanes of at least 4 members (excludes halogenated alkanes) is 7. The highest BCUT2D eigenvalue weighted by atomic mass is 14.7. The van der Waals surface area contributed by atoms with Crippen LogP contribution in [0.15, 0.2) is 12.3 Å². The molecule has 0 fully saturated rings. The Kier molecular flexibility index (Phi) is 9.36. The molecule has 0 aliphatic rings. The van der Waals surface area contributed by atoms with E-state index in [1.54, 1.807) is 0 Å². The summed E-state index contributed by atoms with van der Waals surface area (Å²) in [6.45, 7) is 6.78. The molecule has 0 radical (unpaired) electrons. The second-order valence-corrected chi connectivity index (χ2v) is 5.83. The number of aromatic nitrogens is 1. The molecule has 1 heteroatoms. The molecule has 1 aromatic heterocycles. The van der Waals surface area contributed by atoms with Gasteiger partial charge in [0.25, 0.3) is 0 Å². The Morgan fingerprint density at radius 3 is 2.05 bits per heavy atom. The van der Waals surface area contributed by atoms with Crippen LogP contribution in [-0.4, -0.2) is 4.98 Å². The molecule has 1 nitrogen and oxygen atoms in total. The first-order valence-electron chi connectivity index (χ1n) is 8.79. The van der Waals surface area contributed by atoms with E-state index in [0.29, 0.717) is 0 Å². The number of rotatable bonds is 11. The van der Waals surface area contributed by atoms with E-state index in [-0.39, 0.29) is 0 Å². The van der Waals surface area contributed by atoms with Crippen molar-refractivity contribution in [3.63, 3.8) is 0 Å². The van der Waals surface area contributed by atoms with Crippen molar-refractivity contribution in [2.75, 3.05) is 0 Å². The molecule has 0 aliphatic carbocycles. The molecular weight excluding hydrogens is 242 g/mol. The van der Waals surface area contributed by atoms with Crippen LogP contribution in [-0.2, 0) is 19.3 Å². The van der Waals surface area contributed by atoms with Crippen LogP contribution in [0.3, 0.4) is 0 Å². The zero-order valence-corrected chi connectivity index (χ0v) is 13.9. The van der Waals surface area contributed by atoms with Crippen molar-refractivity contribution in [1.82, 2.24) is 4.98 Å². The van der Waals surface area contributed by atoms with Gasteiger partial charge >= 0.3 is 0 Å². The fourth-order valence-corrected chi connectivity index (χ4v) is 2.99. The average molecular weight is 275 g/mol. The summed E-state index contributed by atoms with van der Waals surface area (Å²) in [5, 5.41) is 0. The van der Waals surface area contributed by atoms with Crippen LogP contribution in [0.25, 0.3) is 0 Å². The van der Waals surface area contributed by atoms with Gasteiger partial charge in [-0.25, -0.2) is 0 Å². The molecule has 20 heavy (non-hydrogen) atoms. The number of hydrogen-bond acceptors (Lipinski definition) is 1. The van der Waals surface area contributed by atoms with Gasteiger partial charge in [-0.3, -0.25) is 4.98 Å². The zero-order chi connectivity index (χ0) is 14.6. The van der Waals surface area contributed by atoms with E-state index in [2.05, 4.69) is 31.8 Å². The first-order valence-corrected chi connectivity index (χ1v) is 8.79. The maximum absolute atomic E-state index is 4.62. The molecular formula is C19H33N. The van der Waals surface area contributed by atoms with Gasteiger partial charge in [0.1, 0.15) is 0 Å². The molecule has 0 saturated heterocycles. The van der Waals surface area contributed by atoms with Crippen molar-refractivity contribution in [1.29, 1.82) is 0 Å². The molecule has 0 unspecified atom stereocenters. The van der Waals surface area contributed by atoms with E-state index in [4.69, 9.17) is 0 Å². The lowest BCUT2D eigenvalue weighted by atomic mass is 9.98. The fraction of sp³-hybridized carbons (Fsp3) is 0.737. The Morgan fingerprint density at radius 2 is 1.45 bits per heavy atom. The molecule has 0 atom stereocenters. The summed E-state index contributed by atoms with van der Waals surface area (Å²) in [6.07, 6.45) is 16.5. The van der Waals surface area contributed by atoms with Crippen LogP contribution >= 0.6 is 0 Å². The standard InChI is InChI=1S/C19H33N/c1-4-7-8-9-10-11-12-13-14-19-18(6-3)17(5-2)15-16-20-19/h15-16H,4-14H2,1-3H3. The van der Waals surface area contributed by atoms with Gasteiger partial charge in [-0.1, -0.05) is 65.7 Å². The number of hydrogen-bond donors (Lipinski definition) is 0. The van der Waals surface area contributed by atoms with Crippen molar-refractivity contribution >= 4 is 0 Å². The summed E-state index contributed by atoms with van der Waals surface area (Å²) in [7, 11) is 0. The average Bonchev–Trinajstić information content (AvgIpc) is 2.49. The van der Waals surface area contributed by atoms with Crippen LogP contribution in [0.2, 0.25) is 0 Å². The van der Waals surface area contributed by atoms with Gasteiger partial charge < -0.3 is 0 Å². The minimum Gasteiger partial charge on any atom is -0.261 e. The third-order valence-electron chi connectivity index (χ3n) is 4.24. The summed E-state index contributed by atoms with van der Waals surface area (Å²) < 4.78 is 0. The topological polar surface area (TPSA) is 12.9 Å². The normalized spacial score (nSPS) is 10.9. The first-order chi connectivity index (χ1) is 9.83. The van der Waals surface area contributed by atoms with Crippen LogP contribution in [0.1, 0.15) is 89.0 Å². The lowest BCUT2D eigenvalue weighted by Gasteiger charge is -2.11. The molecule has 0 amide bonds. The molecule has 0 N–H and O–H groups in total. The van der Waals surface area contributed by atoms with E-state index in [0.717, 1.165) is 12.8 Å². The second kappa shape index (κ2) is 10.9. The van der Waals surface area contributed by atoms with Gasteiger partial charge in [0.15, 0.2) is 0 Å². The Labute approximate surface area is 126 Å². The minimum absolute atomic E-state index is 1.13. The van der Waals surface area contributed by atoms with Crippen molar-refractivity contribution in [3.8, 4) is 0 Å². The van der Waals surface area contributed by atoms with Crippen molar-refractivity contribution in [2.24, 2.45) is 0 Å². The lowest BCUT2D eigenvalue weighted by Crippen LogP contribution is -2.01. The monoisotopic (exact) mass is 275 g/mol. The van der Waals surface area contributed by atoms with Crippen LogP contribution in [0, 0.1) is 0 Å². The largest absolute Gasteiger partial charge is 0.261 e. The molecule has 0 saturated carbocycles. The molecule has 0 spiro atoms. The van der Waals surface area contributed by atoms with Crippen LogP contribution in [0.4, 0.5) is 0 Å². The Hall–Kier alpha value is -0.850. The summed E-state index contributed by atoms with van der Waals surface area (Å²) >= 11 is 0. The highest BCUT2D eigenvalue weighted by molar-refractivity contribution is 5.30. The van der Waals surface area contributed by atoms with Crippen molar-refractivity contribution in [3.05, 3.63) is 29.1 Å². The Balaban J connectivity index is 2.25. The van der Waals surface area contributed by atoms with Gasteiger partial charge in [-0.2, -0.15) is 0 Å². The van der Waals surface area contributed by atoms with Gasteiger partial charge in [-0.05, 0) is 42.9 Å². The maximum atomic E-state index is 4.62. The van der Waals surface area contributed by atoms with Crippen molar-refractivity contribution in [2.45, 2.75) is 91.4 Å². The summed E-state index contributed by atoms with van der Waals surface area (Å²) in [5.74, 6) is 0. The predicted octanol–water partition coefficient (Wildman–Crippen LogP) is 5.89. The van der Waals surface area contributed by atoms with E-state index in [9.17, 15) is 0 Å². The molecule has 0 aliphatic heterocycles. The molecule has 1 aromatic rings. The highest BCUT2D eigenvalue weighted by Crippen LogP contribution is 2.17. The third kappa shape index (κ3) is 6.07. The van der Waals surface area contributed by atoms with E-state index < -0.39 is 0 Å². The second-order valence-electron chi connectivity index (χ2n) is 5.83. The van der Waals surface area contributed by atoms with Crippen molar-refractivity contribution < 1.29 is 0 Å². The number of pyridine rings is 1. The van der Waals surface area contributed by atoms with Gasteiger partial charge in [0, 0.05) is 11.9 Å². The summed E-state index contributed by atoms with van der Waals surface area (Å²) in [4.78, 5) is 4.62. The minimum atomic E-state index is 1.13. The molecule has 0 aromatic carbocycles. The number of aryl methyl sites for hydroxylation is 2. The third-order valence-corrected chi connectivity index (χ3v) is 4.24. The van der Waals surface area contributed by atoms with E-state index in [1.807, 2.05) is 6.20 Å². The Bertz CT molecular complexity index is 357. The van der Waals surface area contributed by atoms with E-state index in [1.165, 1.54) is 74.6 Å². The van der Waals surface area contributed by atoms with Crippen LogP contribution in [0.5, 0.6) is 0 Å². The quantitative estimate of drug-likeness (QED) is 0.459. The zero-order valence-electron chi connectivity index (χ0n) is 13.9. The SMILES string of the molecule is CCCCCCCCCCc1nccc(CC)c1CC. The first kappa shape index (κ1) is 17.2. The molecule has 1 heterocycles. The molecule has 1 rings (SSSR count). The van der Waals surface area contributed by atoms with Gasteiger partial charge in [-0.15, -0.1) is 0 Å². The summed E-state index contributed by atoms with van der Waals surface area (Å²) in [6, 6.07) is 2.19.